The minimum atomic E-state index is -0.168. The standard InChI is InChI=1S/C18H23N5O2/c1-21(2)18(25)16-13-23(20-19-16)12-15-10-17(24)22(11-15)9-8-14-6-4-3-5-7-14/h3-7,13,15H,8-12H2,1-2H3. The molecule has 25 heavy (non-hydrogen) atoms. The molecule has 1 unspecified atom stereocenters. The zero-order valence-electron chi connectivity index (χ0n) is 14.6. The molecule has 1 aromatic heterocycles. The highest BCUT2D eigenvalue weighted by Gasteiger charge is 2.29. The molecule has 0 N–H and O–H groups in total. The first-order chi connectivity index (χ1) is 12.0. The normalized spacial score (nSPS) is 17.1. The van der Waals surface area contributed by atoms with E-state index in [0.29, 0.717) is 18.7 Å². The second-order valence-corrected chi connectivity index (χ2v) is 6.67. The van der Waals surface area contributed by atoms with E-state index in [9.17, 15) is 9.59 Å². The highest BCUT2D eigenvalue weighted by Crippen LogP contribution is 2.20. The fraction of sp³-hybridized carbons (Fsp3) is 0.444. The third kappa shape index (κ3) is 4.23. The van der Waals surface area contributed by atoms with E-state index in [4.69, 9.17) is 0 Å². The van der Waals surface area contributed by atoms with Crippen LogP contribution in [0.5, 0.6) is 0 Å². The van der Waals surface area contributed by atoms with Crippen molar-refractivity contribution < 1.29 is 9.59 Å². The molecule has 0 radical (unpaired) electrons. The average molecular weight is 341 g/mol. The average Bonchev–Trinajstić information content (AvgIpc) is 3.20. The van der Waals surface area contributed by atoms with Crippen LogP contribution in [0, 0.1) is 5.92 Å². The first-order valence-electron chi connectivity index (χ1n) is 8.46. The van der Waals surface area contributed by atoms with E-state index < -0.39 is 0 Å². The summed E-state index contributed by atoms with van der Waals surface area (Å²) in [5.41, 5.74) is 1.57. The maximum absolute atomic E-state index is 12.2. The van der Waals surface area contributed by atoms with Crippen LogP contribution in [0.25, 0.3) is 0 Å². The molecule has 2 aromatic rings. The van der Waals surface area contributed by atoms with Crippen molar-refractivity contribution in [3.05, 3.63) is 47.8 Å². The molecule has 1 fully saturated rings. The van der Waals surface area contributed by atoms with Crippen LogP contribution in [-0.4, -0.2) is 63.8 Å². The molecule has 1 saturated heterocycles. The predicted octanol–water partition coefficient (Wildman–Crippen LogP) is 1.07. The van der Waals surface area contributed by atoms with Crippen molar-refractivity contribution in [2.45, 2.75) is 19.4 Å². The van der Waals surface area contributed by atoms with Crippen LogP contribution in [0.15, 0.2) is 36.5 Å². The summed E-state index contributed by atoms with van der Waals surface area (Å²) in [7, 11) is 3.36. The number of hydrogen-bond acceptors (Lipinski definition) is 4. The van der Waals surface area contributed by atoms with Crippen molar-refractivity contribution in [3.8, 4) is 0 Å². The van der Waals surface area contributed by atoms with Crippen LogP contribution in [0.1, 0.15) is 22.5 Å². The number of carbonyl (C=O) groups is 2. The Balaban J connectivity index is 1.53. The number of amides is 2. The fourth-order valence-corrected chi connectivity index (χ4v) is 3.08. The predicted molar refractivity (Wildman–Crippen MR) is 92.9 cm³/mol. The molecule has 132 valence electrons. The molecule has 2 amide bonds. The topological polar surface area (TPSA) is 71.3 Å². The first kappa shape index (κ1) is 17.1. The smallest absolute Gasteiger partial charge is 0.275 e. The van der Waals surface area contributed by atoms with Crippen LogP contribution in [-0.2, 0) is 17.8 Å². The Labute approximate surface area is 147 Å². The van der Waals surface area contributed by atoms with Gasteiger partial charge >= 0.3 is 0 Å². The van der Waals surface area contributed by atoms with E-state index in [1.54, 1.807) is 25.0 Å². The Morgan fingerprint density at radius 2 is 2.04 bits per heavy atom. The lowest BCUT2D eigenvalue weighted by Gasteiger charge is -2.16. The van der Waals surface area contributed by atoms with Crippen molar-refractivity contribution in [1.29, 1.82) is 0 Å². The Morgan fingerprint density at radius 1 is 1.28 bits per heavy atom. The quantitative estimate of drug-likeness (QED) is 0.788. The number of rotatable bonds is 6. The molecule has 3 rings (SSSR count). The SMILES string of the molecule is CN(C)C(=O)c1cn(CC2CC(=O)N(CCc3ccccc3)C2)nn1. The van der Waals surface area contributed by atoms with Gasteiger partial charge in [-0.3, -0.25) is 14.3 Å². The van der Waals surface area contributed by atoms with Gasteiger partial charge in [-0.25, -0.2) is 0 Å². The summed E-state index contributed by atoms with van der Waals surface area (Å²) in [6, 6.07) is 10.2. The third-order valence-corrected chi connectivity index (χ3v) is 4.42. The van der Waals surface area contributed by atoms with Gasteiger partial charge in [0.05, 0.1) is 6.20 Å². The molecular weight excluding hydrogens is 318 g/mol. The Bertz CT molecular complexity index is 741. The zero-order valence-corrected chi connectivity index (χ0v) is 14.6. The summed E-state index contributed by atoms with van der Waals surface area (Å²) in [6.07, 6.45) is 3.04. The number of likely N-dealkylation sites (tertiary alicyclic amines) is 1. The molecular formula is C18H23N5O2. The summed E-state index contributed by atoms with van der Waals surface area (Å²) in [5.74, 6) is 0.219. The van der Waals surface area contributed by atoms with E-state index in [-0.39, 0.29) is 17.7 Å². The van der Waals surface area contributed by atoms with Gasteiger partial charge in [0.1, 0.15) is 0 Å². The van der Waals surface area contributed by atoms with Crippen molar-refractivity contribution in [3.63, 3.8) is 0 Å². The summed E-state index contributed by atoms with van der Waals surface area (Å²) < 4.78 is 1.66. The maximum Gasteiger partial charge on any atom is 0.275 e. The molecule has 7 heteroatoms. The molecule has 0 saturated carbocycles. The number of hydrogen-bond donors (Lipinski definition) is 0. The molecule has 7 nitrogen and oxygen atoms in total. The van der Waals surface area contributed by atoms with Gasteiger partial charge in [-0.05, 0) is 12.0 Å². The van der Waals surface area contributed by atoms with Gasteiger partial charge in [0, 0.05) is 46.1 Å². The molecule has 0 spiro atoms. The van der Waals surface area contributed by atoms with E-state index in [2.05, 4.69) is 22.4 Å². The van der Waals surface area contributed by atoms with E-state index in [1.165, 1.54) is 10.5 Å². The molecule has 1 atom stereocenters. The zero-order chi connectivity index (χ0) is 17.8. The maximum atomic E-state index is 12.2. The second-order valence-electron chi connectivity index (χ2n) is 6.67. The van der Waals surface area contributed by atoms with Gasteiger partial charge in [0.15, 0.2) is 5.69 Å². The van der Waals surface area contributed by atoms with Crippen LogP contribution in [0.3, 0.4) is 0 Å². The van der Waals surface area contributed by atoms with Crippen molar-refractivity contribution in [1.82, 2.24) is 24.8 Å². The molecule has 0 bridgehead atoms. The summed E-state index contributed by atoms with van der Waals surface area (Å²) in [6.45, 7) is 2.06. The number of benzene rings is 1. The van der Waals surface area contributed by atoms with Gasteiger partial charge in [0.2, 0.25) is 5.91 Å². The minimum Gasteiger partial charge on any atom is -0.343 e. The van der Waals surface area contributed by atoms with Gasteiger partial charge in [-0.15, -0.1) is 5.10 Å². The summed E-state index contributed by atoms with van der Waals surface area (Å²) >= 11 is 0. The lowest BCUT2D eigenvalue weighted by Crippen LogP contribution is -2.28. The first-order valence-corrected chi connectivity index (χ1v) is 8.46. The molecule has 0 aliphatic carbocycles. The minimum absolute atomic E-state index is 0.168. The highest BCUT2D eigenvalue weighted by molar-refractivity contribution is 5.91. The Hall–Kier alpha value is -2.70. The van der Waals surface area contributed by atoms with Crippen LogP contribution in [0.4, 0.5) is 0 Å². The number of nitrogens with zero attached hydrogens (tertiary/aromatic N) is 5. The van der Waals surface area contributed by atoms with E-state index >= 15 is 0 Å². The van der Waals surface area contributed by atoms with Crippen molar-refractivity contribution in [2.24, 2.45) is 5.92 Å². The third-order valence-electron chi connectivity index (χ3n) is 4.42. The molecule has 2 heterocycles. The highest BCUT2D eigenvalue weighted by atomic mass is 16.2. The number of carbonyl (C=O) groups excluding carboxylic acids is 2. The lowest BCUT2D eigenvalue weighted by atomic mass is 10.1. The van der Waals surface area contributed by atoms with E-state index in [0.717, 1.165) is 19.5 Å². The van der Waals surface area contributed by atoms with Crippen molar-refractivity contribution in [2.75, 3.05) is 27.2 Å². The summed E-state index contributed by atoms with van der Waals surface area (Å²) in [4.78, 5) is 27.5. The fourth-order valence-electron chi connectivity index (χ4n) is 3.08. The van der Waals surface area contributed by atoms with Gasteiger partial charge in [0.25, 0.3) is 5.91 Å². The van der Waals surface area contributed by atoms with Gasteiger partial charge < -0.3 is 9.80 Å². The van der Waals surface area contributed by atoms with Crippen LogP contribution < -0.4 is 0 Å². The Kier molecular flexibility index (Phi) is 5.11. The van der Waals surface area contributed by atoms with Crippen LogP contribution >= 0.6 is 0 Å². The van der Waals surface area contributed by atoms with Gasteiger partial charge in [-0.1, -0.05) is 35.5 Å². The lowest BCUT2D eigenvalue weighted by molar-refractivity contribution is -0.127. The monoisotopic (exact) mass is 341 g/mol. The van der Waals surface area contributed by atoms with Gasteiger partial charge in [-0.2, -0.15) is 0 Å². The molecule has 1 aliphatic heterocycles. The summed E-state index contributed by atoms with van der Waals surface area (Å²) in [5, 5.41) is 7.93. The second kappa shape index (κ2) is 7.46. The van der Waals surface area contributed by atoms with Crippen LogP contribution in [0.2, 0.25) is 0 Å². The van der Waals surface area contributed by atoms with E-state index in [1.807, 2.05) is 23.1 Å². The number of aromatic nitrogens is 3. The molecule has 1 aliphatic rings. The Morgan fingerprint density at radius 3 is 2.76 bits per heavy atom. The molecule has 1 aromatic carbocycles. The largest absolute Gasteiger partial charge is 0.343 e. The van der Waals surface area contributed by atoms with Crippen molar-refractivity contribution >= 4 is 11.8 Å².